The smallest absolute Gasteiger partial charge is 0.246 e. The maximum absolute atomic E-state index is 12.4. The number of rotatable bonds is 4. The minimum absolute atomic E-state index is 0.0495. The van der Waals surface area contributed by atoms with E-state index in [4.69, 9.17) is 4.74 Å². The molecule has 114 valence electrons. The topological polar surface area (TPSA) is 49.8 Å². The molecule has 0 spiro atoms. The lowest BCUT2D eigenvalue weighted by molar-refractivity contribution is -0.132. The van der Waals surface area contributed by atoms with E-state index in [0.717, 1.165) is 30.6 Å². The van der Waals surface area contributed by atoms with E-state index in [9.17, 15) is 9.90 Å². The molecule has 0 aliphatic carbocycles. The van der Waals surface area contributed by atoms with Crippen molar-refractivity contribution in [1.29, 1.82) is 0 Å². The van der Waals surface area contributed by atoms with Crippen LogP contribution in [0.5, 0.6) is 5.75 Å². The van der Waals surface area contributed by atoms with E-state index < -0.39 is 6.10 Å². The minimum Gasteiger partial charge on any atom is -0.496 e. The lowest BCUT2D eigenvalue weighted by Gasteiger charge is -2.36. The molecular weight excluding hydrogens is 266 g/mol. The summed E-state index contributed by atoms with van der Waals surface area (Å²) in [6, 6.07) is 7.50. The molecule has 4 nitrogen and oxygen atoms in total. The molecule has 1 aliphatic rings. The summed E-state index contributed by atoms with van der Waals surface area (Å²) in [6.07, 6.45) is 5.78. The van der Waals surface area contributed by atoms with Crippen LogP contribution in [-0.4, -0.2) is 41.7 Å². The van der Waals surface area contributed by atoms with Gasteiger partial charge >= 0.3 is 0 Å². The highest BCUT2D eigenvalue weighted by Crippen LogP contribution is 2.22. The van der Waals surface area contributed by atoms with Crippen molar-refractivity contribution in [2.45, 2.75) is 38.3 Å². The zero-order valence-corrected chi connectivity index (χ0v) is 12.7. The monoisotopic (exact) mass is 289 g/mol. The Kier molecular flexibility index (Phi) is 5.39. The van der Waals surface area contributed by atoms with E-state index in [1.54, 1.807) is 31.1 Å². The quantitative estimate of drug-likeness (QED) is 0.866. The van der Waals surface area contributed by atoms with Crippen molar-refractivity contribution in [3.05, 3.63) is 35.9 Å². The molecule has 0 aromatic heterocycles. The highest BCUT2D eigenvalue weighted by Gasteiger charge is 2.28. The Balaban J connectivity index is 2.10. The molecule has 1 fully saturated rings. The van der Waals surface area contributed by atoms with Gasteiger partial charge in [0.15, 0.2) is 0 Å². The van der Waals surface area contributed by atoms with Crippen molar-refractivity contribution in [3.8, 4) is 5.75 Å². The first-order valence-corrected chi connectivity index (χ1v) is 7.43. The van der Waals surface area contributed by atoms with Gasteiger partial charge in [-0.05, 0) is 38.3 Å². The number of hydrogen-bond donors (Lipinski definition) is 1. The number of ether oxygens (including phenoxy) is 1. The fraction of sp³-hybridized carbons (Fsp3) is 0.471. The maximum atomic E-state index is 12.4. The molecule has 4 heteroatoms. The molecule has 1 aliphatic heterocycles. The van der Waals surface area contributed by atoms with Crippen LogP contribution < -0.4 is 4.74 Å². The molecule has 1 N–H and O–H groups in total. The van der Waals surface area contributed by atoms with Crippen LogP contribution in [0.1, 0.15) is 31.7 Å². The second-order valence-electron chi connectivity index (χ2n) is 5.41. The first-order valence-electron chi connectivity index (χ1n) is 7.43. The zero-order chi connectivity index (χ0) is 15.2. The number of methoxy groups -OCH3 is 1. The summed E-state index contributed by atoms with van der Waals surface area (Å²) in [5, 5.41) is 9.83. The highest BCUT2D eigenvalue weighted by molar-refractivity contribution is 5.92. The number of hydrogen-bond acceptors (Lipinski definition) is 3. The van der Waals surface area contributed by atoms with Crippen LogP contribution >= 0.6 is 0 Å². The van der Waals surface area contributed by atoms with Crippen molar-refractivity contribution in [1.82, 2.24) is 4.90 Å². The Morgan fingerprint density at radius 1 is 1.43 bits per heavy atom. The van der Waals surface area contributed by atoms with E-state index in [-0.39, 0.29) is 11.9 Å². The molecule has 2 rings (SSSR count). The molecule has 0 saturated carbocycles. The number of carbonyl (C=O) groups is 1. The third-order valence-corrected chi connectivity index (χ3v) is 3.93. The number of amides is 1. The van der Waals surface area contributed by atoms with Crippen LogP contribution in [0.4, 0.5) is 0 Å². The number of carbonyl (C=O) groups excluding carboxylic acids is 1. The fourth-order valence-corrected chi connectivity index (χ4v) is 2.79. The molecule has 1 amide bonds. The predicted molar refractivity (Wildman–Crippen MR) is 83.1 cm³/mol. The molecule has 0 radical (unpaired) electrons. The van der Waals surface area contributed by atoms with Crippen LogP contribution in [-0.2, 0) is 4.79 Å². The Morgan fingerprint density at radius 3 is 2.90 bits per heavy atom. The van der Waals surface area contributed by atoms with Crippen molar-refractivity contribution in [3.63, 3.8) is 0 Å². The summed E-state index contributed by atoms with van der Waals surface area (Å²) in [4.78, 5) is 14.2. The molecule has 1 aromatic rings. The van der Waals surface area contributed by atoms with Gasteiger partial charge in [0, 0.05) is 18.2 Å². The average Bonchev–Trinajstić information content (AvgIpc) is 2.52. The number of piperidine rings is 1. The van der Waals surface area contributed by atoms with E-state index in [1.807, 2.05) is 24.3 Å². The maximum Gasteiger partial charge on any atom is 0.246 e. The summed E-state index contributed by atoms with van der Waals surface area (Å²) in [6.45, 7) is 2.46. The number of para-hydroxylation sites is 1. The van der Waals surface area contributed by atoms with Crippen LogP contribution in [0, 0.1) is 0 Å². The van der Waals surface area contributed by atoms with Gasteiger partial charge in [-0.3, -0.25) is 4.79 Å². The van der Waals surface area contributed by atoms with E-state index in [0.29, 0.717) is 6.54 Å². The first kappa shape index (κ1) is 15.6. The van der Waals surface area contributed by atoms with Crippen LogP contribution in [0.3, 0.4) is 0 Å². The average molecular weight is 289 g/mol. The van der Waals surface area contributed by atoms with Gasteiger partial charge < -0.3 is 14.7 Å². The van der Waals surface area contributed by atoms with Gasteiger partial charge in [0.1, 0.15) is 5.75 Å². The van der Waals surface area contributed by atoms with Crippen molar-refractivity contribution < 1.29 is 14.6 Å². The highest BCUT2D eigenvalue weighted by atomic mass is 16.5. The summed E-state index contributed by atoms with van der Waals surface area (Å²) in [5.74, 6) is 0.693. The first-order chi connectivity index (χ1) is 10.1. The Labute approximate surface area is 126 Å². The molecule has 1 heterocycles. The lowest BCUT2D eigenvalue weighted by atomic mass is 9.98. The summed E-state index contributed by atoms with van der Waals surface area (Å²) < 4.78 is 5.27. The van der Waals surface area contributed by atoms with Gasteiger partial charge in [0.05, 0.1) is 19.3 Å². The molecular formula is C17H23NO3. The van der Waals surface area contributed by atoms with E-state index in [1.165, 1.54) is 0 Å². The van der Waals surface area contributed by atoms with Crippen LogP contribution in [0.15, 0.2) is 30.3 Å². The second-order valence-corrected chi connectivity index (χ2v) is 5.41. The second kappa shape index (κ2) is 7.27. The summed E-state index contributed by atoms with van der Waals surface area (Å²) >= 11 is 0. The SMILES string of the molecule is COc1ccccc1/C=C/C(=O)N1CCCCC1C(C)O. The number of benzene rings is 1. The van der Waals surface area contributed by atoms with Gasteiger partial charge in [0.2, 0.25) is 5.91 Å². The van der Waals surface area contributed by atoms with Gasteiger partial charge in [0.25, 0.3) is 0 Å². The van der Waals surface area contributed by atoms with Crippen molar-refractivity contribution >= 4 is 12.0 Å². The summed E-state index contributed by atoms with van der Waals surface area (Å²) in [5.41, 5.74) is 0.874. The third kappa shape index (κ3) is 3.85. The zero-order valence-electron chi connectivity index (χ0n) is 12.7. The largest absolute Gasteiger partial charge is 0.496 e. The Bertz CT molecular complexity index is 511. The minimum atomic E-state index is -0.492. The number of likely N-dealkylation sites (tertiary alicyclic amines) is 1. The standard InChI is InChI=1S/C17H23NO3/c1-13(19)15-8-5-6-12-18(15)17(20)11-10-14-7-3-4-9-16(14)21-2/h3-4,7,9-11,13,15,19H,5-6,8,12H2,1-2H3/b11-10+. The summed E-state index contributed by atoms with van der Waals surface area (Å²) in [7, 11) is 1.61. The fourth-order valence-electron chi connectivity index (χ4n) is 2.79. The Morgan fingerprint density at radius 2 is 2.19 bits per heavy atom. The van der Waals surface area contributed by atoms with Gasteiger partial charge in [-0.2, -0.15) is 0 Å². The van der Waals surface area contributed by atoms with Gasteiger partial charge in [-0.1, -0.05) is 18.2 Å². The van der Waals surface area contributed by atoms with Crippen molar-refractivity contribution in [2.75, 3.05) is 13.7 Å². The number of aliphatic hydroxyl groups excluding tert-OH is 1. The van der Waals surface area contributed by atoms with Gasteiger partial charge in [-0.25, -0.2) is 0 Å². The lowest BCUT2D eigenvalue weighted by Crippen LogP contribution is -2.48. The van der Waals surface area contributed by atoms with E-state index in [2.05, 4.69) is 0 Å². The molecule has 2 unspecified atom stereocenters. The van der Waals surface area contributed by atoms with Crippen molar-refractivity contribution in [2.24, 2.45) is 0 Å². The molecule has 2 atom stereocenters. The number of aliphatic hydroxyl groups is 1. The predicted octanol–water partition coefficient (Wildman–Crippen LogP) is 2.47. The van der Waals surface area contributed by atoms with Gasteiger partial charge in [-0.15, -0.1) is 0 Å². The van der Waals surface area contributed by atoms with E-state index >= 15 is 0 Å². The Hall–Kier alpha value is -1.81. The van der Waals surface area contributed by atoms with Crippen LogP contribution in [0.2, 0.25) is 0 Å². The molecule has 0 bridgehead atoms. The normalized spacial score (nSPS) is 20.5. The molecule has 1 saturated heterocycles. The van der Waals surface area contributed by atoms with Crippen LogP contribution in [0.25, 0.3) is 6.08 Å². The molecule has 21 heavy (non-hydrogen) atoms. The molecule has 1 aromatic carbocycles. The number of nitrogens with zero attached hydrogens (tertiary/aromatic N) is 1. The third-order valence-electron chi connectivity index (χ3n) is 3.93.